The molecule has 9 nitrogen and oxygen atoms in total. The lowest BCUT2D eigenvalue weighted by molar-refractivity contribution is -0.133. The molecule has 6 rings (SSSR count). The van der Waals surface area contributed by atoms with Gasteiger partial charge in [0.15, 0.2) is 0 Å². The van der Waals surface area contributed by atoms with E-state index < -0.39 is 0 Å². The summed E-state index contributed by atoms with van der Waals surface area (Å²) >= 11 is 0. The molecule has 6 aromatic rings. The smallest absolute Gasteiger partial charge is 0.223 e. The van der Waals surface area contributed by atoms with Crippen LogP contribution in [0.15, 0.2) is 91.4 Å². The van der Waals surface area contributed by atoms with Crippen molar-refractivity contribution in [3.8, 4) is 33.6 Å². The second-order valence-corrected chi connectivity index (χ2v) is 13.7. The fraction of sp³-hybridized carbons (Fsp3) is 0.333. The van der Waals surface area contributed by atoms with Crippen molar-refractivity contribution in [2.75, 3.05) is 13.1 Å². The number of imidazole rings is 2. The summed E-state index contributed by atoms with van der Waals surface area (Å²) in [4.78, 5) is 49.2. The number of aryl methyl sites for hydroxylation is 1. The van der Waals surface area contributed by atoms with Crippen LogP contribution in [0.3, 0.4) is 0 Å². The SMILES string of the molecule is CCCN(Cc1ncc(-c2ccc(-c3ccc(-c4cnc(CN(CCC)C(=O)CC(C)C)[nH]4)cc3)cc2)[nH]1)C(=O)CCc1c[nH]c2ccccc12. The Balaban J connectivity index is 1.05. The first-order valence-electron chi connectivity index (χ1n) is 18.2. The Hall–Kier alpha value is -5.44. The molecular formula is C42H49N7O2. The highest BCUT2D eigenvalue weighted by Crippen LogP contribution is 2.27. The number of benzene rings is 3. The molecule has 3 aromatic heterocycles. The molecular weight excluding hydrogens is 635 g/mol. The number of fused-ring (bicyclic) bond motifs is 1. The van der Waals surface area contributed by atoms with E-state index in [-0.39, 0.29) is 11.8 Å². The zero-order valence-corrected chi connectivity index (χ0v) is 30.2. The number of carbonyl (C=O) groups is 2. The minimum atomic E-state index is 0.135. The number of carbonyl (C=O) groups excluding carboxylic acids is 2. The second-order valence-electron chi connectivity index (χ2n) is 13.7. The number of hydrogen-bond donors (Lipinski definition) is 3. The molecule has 0 aliphatic rings. The molecule has 264 valence electrons. The van der Waals surface area contributed by atoms with Crippen LogP contribution in [-0.2, 0) is 29.1 Å². The maximum Gasteiger partial charge on any atom is 0.223 e. The summed E-state index contributed by atoms with van der Waals surface area (Å²) in [6.45, 7) is 10.7. The van der Waals surface area contributed by atoms with Gasteiger partial charge in [-0.2, -0.15) is 0 Å². The molecule has 0 fully saturated rings. The zero-order chi connectivity index (χ0) is 35.7. The molecule has 0 spiro atoms. The van der Waals surface area contributed by atoms with Gasteiger partial charge in [0.25, 0.3) is 0 Å². The van der Waals surface area contributed by atoms with Crippen molar-refractivity contribution in [2.45, 2.75) is 72.9 Å². The maximum absolute atomic E-state index is 13.3. The molecule has 0 unspecified atom stereocenters. The van der Waals surface area contributed by atoms with E-state index in [0.29, 0.717) is 44.8 Å². The molecule has 0 radical (unpaired) electrons. The average Bonchev–Trinajstić information content (AvgIpc) is 3.91. The minimum absolute atomic E-state index is 0.135. The minimum Gasteiger partial charge on any atom is -0.361 e. The maximum atomic E-state index is 13.3. The van der Waals surface area contributed by atoms with E-state index in [4.69, 9.17) is 0 Å². The van der Waals surface area contributed by atoms with E-state index in [2.05, 4.69) is 113 Å². The first-order valence-corrected chi connectivity index (χ1v) is 18.2. The Morgan fingerprint density at radius 1 is 0.686 bits per heavy atom. The average molecular weight is 684 g/mol. The summed E-state index contributed by atoms with van der Waals surface area (Å²) in [5, 5.41) is 1.18. The van der Waals surface area contributed by atoms with Crippen LogP contribution in [0.4, 0.5) is 0 Å². The highest BCUT2D eigenvalue weighted by molar-refractivity contribution is 5.84. The second kappa shape index (κ2) is 16.5. The summed E-state index contributed by atoms with van der Waals surface area (Å²) in [5.74, 6) is 2.21. The first kappa shape index (κ1) is 35.4. The Morgan fingerprint density at radius 3 is 1.73 bits per heavy atom. The van der Waals surface area contributed by atoms with Crippen molar-refractivity contribution >= 4 is 22.7 Å². The Kier molecular flexibility index (Phi) is 11.5. The number of hydrogen-bond acceptors (Lipinski definition) is 4. The van der Waals surface area contributed by atoms with Crippen LogP contribution in [0.5, 0.6) is 0 Å². The van der Waals surface area contributed by atoms with Gasteiger partial charge in [0.1, 0.15) is 11.6 Å². The number of aromatic amines is 3. The Morgan fingerprint density at radius 2 is 1.20 bits per heavy atom. The Labute approximate surface area is 300 Å². The van der Waals surface area contributed by atoms with Gasteiger partial charge in [-0.3, -0.25) is 9.59 Å². The van der Waals surface area contributed by atoms with Gasteiger partial charge in [0.2, 0.25) is 11.8 Å². The lowest BCUT2D eigenvalue weighted by Gasteiger charge is -2.22. The van der Waals surface area contributed by atoms with E-state index in [1.54, 1.807) is 0 Å². The fourth-order valence-corrected chi connectivity index (χ4v) is 6.57. The fourth-order valence-electron chi connectivity index (χ4n) is 6.57. The third-order valence-corrected chi connectivity index (χ3v) is 9.22. The normalized spacial score (nSPS) is 11.4. The van der Waals surface area contributed by atoms with Gasteiger partial charge in [-0.1, -0.05) is 94.4 Å². The van der Waals surface area contributed by atoms with Gasteiger partial charge < -0.3 is 24.8 Å². The summed E-state index contributed by atoms with van der Waals surface area (Å²) in [6, 6.07) is 25.1. The molecule has 0 aliphatic heterocycles. The van der Waals surface area contributed by atoms with E-state index in [9.17, 15) is 9.59 Å². The third kappa shape index (κ3) is 8.84. The summed E-state index contributed by atoms with van der Waals surface area (Å²) in [6.07, 6.45) is 9.21. The standard InChI is InChI=1S/C42H49N7O2/c1-5-21-48(41(50)20-19-34-24-43-36-10-8-7-9-35(34)36)27-39-44-25-37(46-39)32-15-11-30(12-16-32)31-13-17-33(18-14-31)38-26-45-40(47-38)28-49(22-6-2)42(51)23-29(3)4/h7-18,24-26,29,43H,5-6,19-23,27-28H2,1-4H3,(H,44,46)(H,45,47). The van der Waals surface area contributed by atoms with Crippen LogP contribution in [0.1, 0.15) is 70.6 Å². The number of para-hydroxylation sites is 1. The van der Waals surface area contributed by atoms with Crippen molar-refractivity contribution in [3.63, 3.8) is 0 Å². The van der Waals surface area contributed by atoms with Crippen molar-refractivity contribution in [3.05, 3.63) is 109 Å². The predicted octanol–water partition coefficient (Wildman–Crippen LogP) is 8.77. The number of nitrogens with one attached hydrogen (secondary N) is 3. The number of aromatic nitrogens is 5. The topological polar surface area (TPSA) is 114 Å². The molecule has 0 bridgehead atoms. The zero-order valence-electron chi connectivity index (χ0n) is 30.2. The number of rotatable bonds is 16. The molecule has 3 aromatic carbocycles. The van der Waals surface area contributed by atoms with E-state index in [1.807, 2.05) is 40.5 Å². The third-order valence-electron chi connectivity index (χ3n) is 9.22. The van der Waals surface area contributed by atoms with Gasteiger partial charge in [-0.15, -0.1) is 0 Å². The molecule has 9 heteroatoms. The number of amides is 2. The van der Waals surface area contributed by atoms with Crippen LogP contribution in [-0.4, -0.2) is 59.6 Å². The molecule has 3 heterocycles. The highest BCUT2D eigenvalue weighted by atomic mass is 16.2. The molecule has 2 amide bonds. The molecule has 0 aliphatic carbocycles. The molecule has 0 saturated carbocycles. The molecule has 0 atom stereocenters. The molecule has 0 saturated heterocycles. The highest BCUT2D eigenvalue weighted by Gasteiger charge is 2.18. The quantitative estimate of drug-likeness (QED) is 0.0947. The number of nitrogens with zero attached hydrogens (tertiary/aromatic N) is 4. The van der Waals surface area contributed by atoms with Crippen LogP contribution >= 0.6 is 0 Å². The Bertz CT molecular complexity index is 2040. The van der Waals surface area contributed by atoms with Gasteiger partial charge in [-0.05, 0) is 59.1 Å². The number of H-pyrrole nitrogens is 3. The van der Waals surface area contributed by atoms with Crippen molar-refractivity contribution < 1.29 is 9.59 Å². The van der Waals surface area contributed by atoms with E-state index in [0.717, 1.165) is 70.2 Å². The van der Waals surface area contributed by atoms with Crippen LogP contribution in [0, 0.1) is 5.92 Å². The summed E-state index contributed by atoms with van der Waals surface area (Å²) < 4.78 is 0. The largest absolute Gasteiger partial charge is 0.361 e. The summed E-state index contributed by atoms with van der Waals surface area (Å²) in [7, 11) is 0. The van der Waals surface area contributed by atoms with Gasteiger partial charge >= 0.3 is 0 Å². The predicted molar refractivity (Wildman–Crippen MR) is 205 cm³/mol. The van der Waals surface area contributed by atoms with E-state index >= 15 is 0 Å². The van der Waals surface area contributed by atoms with Crippen molar-refractivity contribution in [2.24, 2.45) is 5.92 Å². The van der Waals surface area contributed by atoms with Gasteiger partial charge in [0, 0.05) is 43.0 Å². The monoisotopic (exact) mass is 683 g/mol. The van der Waals surface area contributed by atoms with Gasteiger partial charge in [-0.25, -0.2) is 9.97 Å². The van der Waals surface area contributed by atoms with Crippen LogP contribution in [0.25, 0.3) is 44.5 Å². The molecule has 51 heavy (non-hydrogen) atoms. The van der Waals surface area contributed by atoms with Crippen LogP contribution in [0.2, 0.25) is 0 Å². The first-order chi connectivity index (χ1) is 24.8. The van der Waals surface area contributed by atoms with E-state index in [1.165, 1.54) is 10.9 Å². The lowest BCUT2D eigenvalue weighted by Crippen LogP contribution is -2.32. The van der Waals surface area contributed by atoms with Crippen molar-refractivity contribution in [1.29, 1.82) is 0 Å². The van der Waals surface area contributed by atoms with Gasteiger partial charge in [0.05, 0.1) is 36.9 Å². The summed E-state index contributed by atoms with van der Waals surface area (Å²) in [5.41, 5.74) is 8.44. The molecule has 3 N–H and O–H groups in total. The lowest BCUT2D eigenvalue weighted by atomic mass is 10.0. The van der Waals surface area contributed by atoms with Crippen molar-refractivity contribution in [1.82, 2.24) is 34.7 Å². The van der Waals surface area contributed by atoms with Crippen LogP contribution < -0.4 is 0 Å².